The van der Waals surface area contributed by atoms with Crippen molar-refractivity contribution in [3.8, 4) is 11.3 Å². The quantitative estimate of drug-likeness (QED) is 0.616. The molecule has 140 valence electrons. The highest BCUT2D eigenvalue weighted by Crippen LogP contribution is 2.16. The van der Waals surface area contributed by atoms with Gasteiger partial charge in [-0.3, -0.25) is 14.6 Å². The summed E-state index contributed by atoms with van der Waals surface area (Å²) in [5.41, 5.74) is 3.06. The Balaban J connectivity index is 1.31. The van der Waals surface area contributed by atoms with Gasteiger partial charge in [-0.15, -0.1) is 5.10 Å². The molecule has 3 heterocycles. The minimum Gasteiger partial charge on any atom is -0.345 e. The van der Waals surface area contributed by atoms with Crippen LogP contribution in [0.3, 0.4) is 0 Å². The van der Waals surface area contributed by atoms with Gasteiger partial charge in [-0.2, -0.15) is 5.10 Å². The fourth-order valence-electron chi connectivity index (χ4n) is 3.31. The number of amides is 1. The lowest BCUT2D eigenvalue weighted by molar-refractivity contribution is 0.0945. The molecular formula is C19H23N7O. The number of nitrogens with zero attached hydrogens (tertiary/aromatic N) is 4. The van der Waals surface area contributed by atoms with Crippen molar-refractivity contribution in [1.82, 2.24) is 35.8 Å². The van der Waals surface area contributed by atoms with Crippen LogP contribution in [0.25, 0.3) is 11.3 Å². The minimum atomic E-state index is -0.237. The number of benzene rings is 1. The zero-order valence-electron chi connectivity index (χ0n) is 15.1. The van der Waals surface area contributed by atoms with Crippen LogP contribution in [-0.2, 0) is 13.1 Å². The van der Waals surface area contributed by atoms with Gasteiger partial charge in [0.1, 0.15) is 0 Å². The van der Waals surface area contributed by atoms with Crippen molar-refractivity contribution in [2.45, 2.75) is 25.9 Å². The highest BCUT2D eigenvalue weighted by molar-refractivity contribution is 5.91. The number of H-pyrrole nitrogens is 1. The second-order valence-electron chi connectivity index (χ2n) is 6.87. The average Bonchev–Trinajstić information content (AvgIpc) is 3.37. The molecular weight excluding hydrogens is 342 g/mol. The summed E-state index contributed by atoms with van der Waals surface area (Å²) in [5, 5.41) is 21.6. The maximum atomic E-state index is 12.3. The van der Waals surface area contributed by atoms with Crippen LogP contribution < -0.4 is 10.6 Å². The Bertz CT molecular complexity index is 880. The normalized spacial score (nSPS) is 17.0. The molecule has 3 aromatic rings. The van der Waals surface area contributed by atoms with Gasteiger partial charge in [-0.25, -0.2) is 0 Å². The van der Waals surface area contributed by atoms with Crippen molar-refractivity contribution in [1.29, 1.82) is 0 Å². The van der Waals surface area contributed by atoms with E-state index in [0.717, 1.165) is 36.6 Å². The van der Waals surface area contributed by atoms with Crippen molar-refractivity contribution in [2.75, 3.05) is 13.1 Å². The van der Waals surface area contributed by atoms with Crippen LogP contribution >= 0.6 is 0 Å². The lowest BCUT2D eigenvalue weighted by atomic mass is 10.00. The van der Waals surface area contributed by atoms with Gasteiger partial charge in [0, 0.05) is 12.1 Å². The number of aromatic nitrogens is 5. The predicted octanol–water partition coefficient (Wildman–Crippen LogP) is 1.60. The molecule has 0 unspecified atom stereocenters. The lowest BCUT2D eigenvalue weighted by Crippen LogP contribution is -2.32. The van der Waals surface area contributed by atoms with Gasteiger partial charge in [0.25, 0.3) is 5.91 Å². The highest BCUT2D eigenvalue weighted by atomic mass is 16.2. The Morgan fingerprint density at radius 3 is 3.00 bits per heavy atom. The molecule has 1 fully saturated rings. The van der Waals surface area contributed by atoms with Crippen molar-refractivity contribution in [3.05, 3.63) is 54.0 Å². The Labute approximate surface area is 157 Å². The van der Waals surface area contributed by atoms with Gasteiger partial charge in [0.15, 0.2) is 5.69 Å². The summed E-state index contributed by atoms with van der Waals surface area (Å²) in [6, 6.07) is 11.8. The third kappa shape index (κ3) is 4.40. The third-order valence-electron chi connectivity index (χ3n) is 4.76. The number of rotatable bonds is 6. The summed E-state index contributed by atoms with van der Waals surface area (Å²) in [7, 11) is 0. The number of piperidine rings is 1. The van der Waals surface area contributed by atoms with Crippen LogP contribution in [0.2, 0.25) is 0 Å². The van der Waals surface area contributed by atoms with Crippen molar-refractivity contribution in [3.63, 3.8) is 0 Å². The molecule has 4 rings (SSSR count). The Morgan fingerprint density at radius 1 is 1.30 bits per heavy atom. The van der Waals surface area contributed by atoms with E-state index in [9.17, 15) is 4.79 Å². The zero-order valence-corrected chi connectivity index (χ0v) is 15.1. The standard InChI is InChI=1S/C19H23N7O/c27-19(18-13-26(25-24-18)12-14-5-4-8-20-10-14)21-11-16-9-17(23-22-16)15-6-2-1-3-7-15/h1-3,6-7,9,13-14,20H,4-5,8,10-12H2,(H,21,27)(H,22,23)/t14-/m0/s1. The van der Waals surface area contributed by atoms with E-state index in [-0.39, 0.29) is 5.91 Å². The van der Waals surface area contributed by atoms with E-state index in [2.05, 4.69) is 31.1 Å². The maximum Gasteiger partial charge on any atom is 0.273 e. The Hall–Kier alpha value is -3.00. The summed E-state index contributed by atoms with van der Waals surface area (Å²) >= 11 is 0. The predicted molar refractivity (Wildman–Crippen MR) is 101 cm³/mol. The molecule has 1 saturated heterocycles. The maximum absolute atomic E-state index is 12.3. The van der Waals surface area contributed by atoms with E-state index in [0.29, 0.717) is 18.2 Å². The Kier molecular flexibility index (Phi) is 5.24. The van der Waals surface area contributed by atoms with E-state index < -0.39 is 0 Å². The van der Waals surface area contributed by atoms with Gasteiger partial charge >= 0.3 is 0 Å². The monoisotopic (exact) mass is 365 g/mol. The lowest BCUT2D eigenvalue weighted by Gasteiger charge is -2.22. The van der Waals surface area contributed by atoms with E-state index in [4.69, 9.17) is 0 Å². The largest absolute Gasteiger partial charge is 0.345 e. The number of carbonyl (C=O) groups excluding carboxylic acids is 1. The molecule has 2 aromatic heterocycles. The molecule has 1 amide bonds. The van der Waals surface area contributed by atoms with Crippen LogP contribution in [0.5, 0.6) is 0 Å². The molecule has 0 spiro atoms. The average molecular weight is 365 g/mol. The van der Waals surface area contributed by atoms with Crippen LogP contribution in [0.4, 0.5) is 0 Å². The SMILES string of the molecule is O=C(NCc1cc(-c2ccccc2)n[nH]1)c1cn(C[C@H]2CCCNC2)nn1. The number of nitrogens with one attached hydrogen (secondary N) is 3. The van der Waals surface area contributed by atoms with E-state index in [1.807, 2.05) is 36.4 Å². The van der Waals surface area contributed by atoms with Gasteiger partial charge in [0.2, 0.25) is 0 Å². The summed E-state index contributed by atoms with van der Waals surface area (Å²) in [6.07, 6.45) is 4.08. The van der Waals surface area contributed by atoms with Crippen LogP contribution in [-0.4, -0.2) is 44.2 Å². The molecule has 0 saturated carbocycles. The first-order valence-electron chi connectivity index (χ1n) is 9.27. The zero-order chi connectivity index (χ0) is 18.5. The molecule has 1 aromatic carbocycles. The molecule has 0 aliphatic carbocycles. The third-order valence-corrected chi connectivity index (χ3v) is 4.76. The topological polar surface area (TPSA) is 101 Å². The molecule has 3 N–H and O–H groups in total. The van der Waals surface area contributed by atoms with E-state index in [1.54, 1.807) is 10.9 Å². The molecule has 27 heavy (non-hydrogen) atoms. The van der Waals surface area contributed by atoms with Crippen LogP contribution in [0.1, 0.15) is 29.0 Å². The summed E-state index contributed by atoms with van der Waals surface area (Å²) < 4.78 is 1.76. The number of hydrogen-bond donors (Lipinski definition) is 3. The first kappa shape index (κ1) is 17.4. The molecule has 1 aliphatic rings. The van der Waals surface area contributed by atoms with E-state index >= 15 is 0 Å². The molecule has 8 nitrogen and oxygen atoms in total. The molecule has 0 radical (unpaired) electrons. The van der Waals surface area contributed by atoms with E-state index in [1.165, 1.54) is 12.8 Å². The molecule has 0 bridgehead atoms. The van der Waals surface area contributed by atoms with Crippen molar-refractivity contribution < 1.29 is 4.79 Å². The first-order valence-corrected chi connectivity index (χ1v) is 9.27. The van der Waals surface area contributed by atoms with Gasteiger partial charge < -0.3 is 10.6 Å². The molecule has 1 atom stereocenters. The second-order valence-corrected chi connectivity index (χ2v) is 6.87. The summed E-state index contributed by atoms with van der Waals surface area (Å²) in [6.45, 7) is 3.22. The van der Waals surface area contributed by atoms with Crippen molar-refractivity contribution >= 4 is 5.91 Å². The van der Waals surface area contributed by atoms with Crippen LogP contribution in [0.15, 0.2) is 42.6 Å². The van der Waals surface area contributed by atoms with Gasteiger partial charge in [-0.05, 0) is 37.9 Å². The van der Waals surface area contributed by atoms with Gasteiger partial charge in [0.05, 0.1) is 24.1 Å². The summed E-state index contributed by atoms with van der Waals surface area (Å²) in [4.78, 5) is 12.3. The fraction of sp³-hybridized carbons (Fsp3) is 0.368. The number of hydrogen-bond acceptors (Lipinski definition) is 5. The molecule has 8 heteroatoms. The smallest absolute Gasteiger partial charge is 0.273 e. The van der Waals surface area contributed by atoms with Gasteiger partial charge in [-0.1, -0.05) is 35.5 Å². The fourth-order valence-corrected chi connectivity index (χ4v) is 3.31. The number of aromatic amines is 1. The minimum absolute atomic E-state index is 0.237. The highest BCUT2D eigenvalue weighted by Gasteiger charge is 2.16. The Morgan fingerprint density at radius 2 is 2.19 bits per heavy atom. The second kappa shape index (κ2) is 8.13. The molecule has 1 aliphatic heterocycles. The summed E-state index contributed by atoms with van der Waals surface area (Å²) in [5.74, 6) is 0.302. The van der Waals surface area contributed by atoms with Crippen molar-refractivity contribution in [2.24, 2.45) is 5.92 Å². The number of carbonyl (C=O) groups is 1. The van der Waals surface area contributed by atoms with Crippen LogP contribution in [0, 0.1) is 5.92 Å². The first-order chi connectivity index (χ1) is 13.3.